The zero-order valence-corrected chi connectivity index (χ0v) is 15.4. The van der Waals surface area contributed by atoms with Crippen molar-refractivity contribution in [2.45, 2.75) is 65.7 Å². The number of aromatic carboxylic acids is 1. The SMILES string of the molecule is CCCCCc1cc2c(c(O)c1C(=O)O)C/C=C(/C)CC/C=C(\C)O2. The normalized spacial score (nSPS) is 19.0. The van der Waals surface area contributed by atoms with E-state index in [4.69, 9.17) is 4.74 Å². The summed E-state index contributed by atoms with van der Waals surface area (Å²) in [5.41, 5.74) is 2.43. The van der Waals surface area contributed by atoms with Crippen molar-refractivity contribution in [3.05, 3.63) is 46.2 Å². The van der Waals surface area contributed by atoms with Gasteiger partial charge < -0.3 is 14.9 Å². The molecule has 0 atom stereocenters. The summed E-state index contributed by atoms with van der Waals surface area (Å²) in [6.07, 6.45) is 9.98. The van der Waals surface area contributed by atoms with E-state index in [9.17, 15) is 15.0 Å². The molecule has 0 fully saturated rings. The van der Waals surface area contributed by atoms with E-state index in [-0.39, 0.29) is 11.3 Å². The minimum Gasteiger partial charge on any atom is -0.507 e. The molecule has 0 bridgehead atoms. The zero-order chi connectivity index (χ0) is 18.4. The van der Waals surface area contributed by atoms with Gasteiger partial charge in [-0.3, -0.25) is 0 Å². The van der Waals surface area contributed by atoms with E-state index in [1.165, 1.54) is 5.57 Å². The average Bonchev–Trinajstić information content (AvgIpc) is 2.53. The number of carboxylic acids is 1. The van der Waals surface area contributed by atoms with Crippen LogP contribution in [-0.4, -0.2) is 16.2 Å². The summed E-state index contributed by atoms with van der Waals surface area (Å²) >= 11 is 0. The molecule has 1 aromatic rings. The second kappa shape index (κ2) is 8.75. The van der Waals surface area contributed by atoms with E-state index in [1.807, 2.05) is 19.1 Å². The molecule has 4 heteroatoms. The fourth-order valence-electron chi connectivity index (χ4n) is 3.12. The molecule has 0 aromatic heterocycles. The number of aromatic hydroxyl groups is 1. The molecule has 2 rings (SSSR count). The molecule has 0 saturated heterocycles. The van der Waals surface area contributed by atoms with Gasteiger partial charge in [0.1, 0.15) is 17.1 Å². The molecule has 136 valence electrons. The molecule has 0 aliphatic carbocycles. The first-order valence-corrected chi connectivity index (χ1v) is 9.05. The fourth-order valence-corrected chi connectivity index (χ4v) is 3.12. The Bertz CT molecular complexity index is 698. The first kappa shape index (κ1) is 19.1. The Kier molecular flexibility index (Phi) is 6.68. The van der Waals surface area contributed by atoms with Crippen LogP contribution in [0.4, 0.5) is 0 Å². The lowest BCUT2D eigenvalue weighted by molar-refractivity contribution is 0.0692. The van der Waals surface area contributed by atoms with Crippen molar-refractivity contribution in [2.24, 2.45) is 0 Å². The number of allylic oxidation sites excluding steroid dienone is 4. The van der Waals surface area contributed by atoms with E-state index >= 15 is 0 Å². The third-order valence-electron chi connectivity index (χ3n) is 4.61. The lowest BCUT2D eigenvalue weighted by atomic mass is 9.94. The highest BCUT2D eigenvalue weighted by Gasteiger charge is 2.23. The van der Waals surface area contributed by atoms with Crippen molar-refractivity contribution in [3.8, 4) is 11.5 Å². The number of phenols is 1. The molecule has 0 amide bonds. The Labute approximate surface area is 149 Å². The average molecular weight is 344 g/mol. The number of hydrogen-bond donors (Lipinski definition) is 2. The Hall–Kier alpha value is -2.23. The molecule has 2 N–H and O–H groups in total. The molecule has 1 aliphatic heterocycles. The predicted molar refractivity (Wildman–Crippen MR) is 99.4 cm³/mol. The monoisotopic (exact) mass is 344 g/mol. The van der Waals surface area contributed by atoms with Crippen LogP contribution in [0.5, 0.6) is 11.5 Å². The Morgan fingerprint density at radius 3 is 2.68 bits per heavy atom. The highest BCUT2D eigenvalue weighted by molar-refractivity contribution is 5.93. The van der Waals surface area contributed by atoms with E-state index in [2.05, 4.69) is 13.8 Å². The predicted octanol–water partition coefficient (Wildman–Crippen LogP) is 5.39. The summed E-state index contributed by atoms with van der Waals surface area (Å²) in [5.74, 6) is 0.0948. The minimum absolute atomic E-state index is 0.0169. The fraction of sp³-hybridized carbons (Fsp3) is 0.476. The Morgan fingerprint density at radius 2 is 2.00 bits per heavy atom. The third-order valence-corrected chi connectivity index (χ3v) is 4.61. The van der Waals surface area contributed by atoms with Crippen LogP contribution >= 0.6 is 0 Å². The van der Waals surface area contributed by atoms with Crippen molar-refractivity contribution in [1.82, 2.24) is 0 Å². The van der Waals surface area contributed by atoms with Gasteiger partial charge in [0.05, 0.1) is 5.76 Å². The molecular formula is C21H28O4. The number of benzene rings is 1. The standard InChI is InChI=1S/C21H28O4/c1-4-5-6-10-16-13-18-17(20(22)19(16)21(23)24)12-11-14(2)8-7-9-15(3)25-18/h9,11,13,22H,4-8,10,12H2,1-3H3,(H,23,24)/b14-11-,15-9+. The van der Waals surface area contributed by atoms with Gasteiger partial charge in [0, 0.05) is 5.56 Å². The van der Waals surface area contributed by atoms with Crippen LogP contribution in [0.15, 0.2) is 29.6 Å². The number of aryl methyl sites for hydroxylation is 1. The van der Waals surface area contributed by atoms with Gasteiger partial charge in [-0.15, -0.1) is 0 Å². The number of fused-ring (bicyclic) bond motifs is 1. The first-order chi connectivity index (χ1) is 11.9. The number of hydrogen-bond acceptors (Lipinski definition) is 3. The Balaban J connectivity index is 2.55. The maximum Gasteiger partial charge on any atom is 0.339 e. The molecule has 0 radical (unpaired) electrons. The van der Waals surface area contributed by atoms with Gasteiger partial charge in [0.25, 0.3) is 0 Å². The molecule has 25 heavy (non-hydrogen) atoms. The highest BCUT2D eigenvalue weighted by Crippen LogP contribution is 2.37. The quantitative estimate of drug-likeness (QED) is 0.555. The van der Waals surface area contributed by atoms with E-state index < -0.39 is 5.97 Å². The smallest absolute Gasteiger partial charge is 0.339 e. The van der Waals surface area contributed by atoms with Crippen LogP contribution < -0.4 is 4.74 Å². The summed E-state index contributed by atoms with van der Waals surface area (Å²) in [7, 11) is 0. The van der Waals surface area contributed by atoms with Crippen LogP contribution in [0.2, 0.25) is 0 Å². The Morgan fingerprint density at radius 1 is 1.24 bits per heavy atom. The van der Waals surface area contributed by atoms with Crippen molar-refractivity contribution in [1.29, 1.82) is 0 Å². The lowest BCUT2D eigenvalue weighted by Gasteiger charge is -2.18. The number of unbranched alkanes of at least 4 members (excludes halogenated alkanes) is 2. The second-order valence-electron chi connectivity index (χ2n) is 6.71. The van der Waals surface area contributed by atoms with E-state index in [1.54, 1.807) is 6.07 Å². The van der Waals surface area contributed by atoms with Gasteiger partial charge in [-0.25, -0.2) is 4.79 Å². The van der Waals surface area contributed by atoms with Gasteiger partial charge in [0.15, 0.2) is 0 Å². The molecule has 1 aliphatic rings. The summed E-state index contributed by atoms with van der Waals surface area (Å²) in [6.45, 7) is 6.05. The summed E-state index contributed by atoms with van der Waals surface area (Å²) in [4.78, 5) is 11.7. The number of ether oxygens (including phenoxy) is 1. The van der Waals surface area contributed by atoms with Gasteiger partial charge in [-0.05, 0) is 63.7 Å². The second-order valence-corrected chi connectivity index (χ2v) is 6.71. The molecule has 4 nitrogen and oxygen atoms in total. The highest BCUT2D eigenvalue weighted by atomic mass is 16.5. The maximum atomic E-state index is 11.7. The molecule has 0 saturated carbocycles. The van der Waals surface area contributed by atoms with E-state index in [0.29, 0.717) is 29.7 Å². The van der Waals surface area contributed by atoms with Crippen molar-refractivity contribution in [2.75, 3.05) is 0 Å². The lowest BCUT2D eigenvalue weighted by Crippen LogP contribution is -2.08. The van der Waals surface area contributed by atoms with Crippen LogP contribution in [0.25, 0.3) is 0 Å². The molecule has 0 unspecified atom stereocenters. The largest absolute Gasteiger partial charge is 0.507 e. The summed E-state index contributed by atoms with van der Waals surface area (Å²) in [5, 5.41) is 20.3. The van der Waals surface area contributed by atoms with Crippen LogP contribution in [0.3, 0.4) is 0 Å². The zero-order valence-electron chi connectivity index (χ0n) is 15.4. The third kappa shape index (κ3) is 4.88. The van der Waals surface area contributed by atoms with Gasteiger partial charge in [-0.1, -0.05) is 31.4 Å². The molecule has 1 aromatic carbocycles. The summed E-state index contributed by atoms with van der Waals surface area (Å²) in [6, 6.07) is 1.80. The van der Waals surface area contributed by atoms with Crippen LogP contribution in [0.1, 0.15) is 74.4 Å². The van der Waals surface area contributed by atoms with Crippen LogP contribution in [0, 0.1) is 0 Å². The number of rotatable bonds is 5. The molecule has 1 heterocycles. The summed E-state index contributed by atoms with van der Waals surface area (Å²) < 4.78 is 5.95. The number of carboxylic acid groups (broad SMARTS) is 1. The van der Waals surface area contributed by atoms with Gasteiger partial charge in [-0.2, -0.15) is 0 Å². The number of carbonyl (C=O) groups is 1. The van der Waals surface area contributed by atoms with Crippen molar-refractivity contribution in [3.63, 3.8) is 0 Å². The van der Waals surface area contributed by atoms with Crippen molar-refractivity contribution < 1.29 is 19.7 Å². The molecule has 0 spiro atoms. The minimum atomic E-state index is -1.09. The van der Waals surface area contributed by atoms with Gasteiger partial charge >= 0.3 is 5.97 Å². The van der Waals surface area contributed by atoms with Crippen LogP contribution in [-0.2, 0) is 12.8 Å². The first-order valence-electron chi connectivity index (χ1n) is 9.05. The van der Waals surface area contributed by atoms with E-state index in [0.717, 1.165) is 37.9 Å². The van der Waals surface area contributed by atoms with Crippen molar-refractivity contribution >= 4 is 5.97 Å². The topological polar surface area (TPSA) is 66.8 Å². The molecular weight excluding hydrogens is 316 g/mol. The maximum absolute atomic E-state index is 11.7. The van der Waals surface area contributed by atoms with Gasteiger partial charge in [0.2, 0.25) is 0 Å².